The average molecular weight is 243 g/mol. The Kier molecular flexibility index (Phi) is 5.89. The number of halogens is 1. The second kappa shape index (κ2) is 6.69. The largest absolute Gasteiger partial charge is 0.118 e. The maximum absolute atomic E-state index is 6.28. The van der Waals surface area contributed by atoms with Gasteiger partial charge in [-0.15, -0.1) is 11.6 Å². The fraction of sp³-hybridized carbons (Fsp3) is 0.867. The molecule has 1 aliphatic carbocycles. The molecule has 0 aromatic rings. The molecule has 0 bridgehead atoms. The van der Waals surface area contributed by atoms with Gasteiger partial charge in [0.25, 0.3) is 0 Å². The molecule has 1 heteroatoms. The van der Waals surface area contributed by atoms with Gasteiger partial charge in [-0.25, -0.2) is 0 Å². The highest BCUT2D eigenvalue weighted by atomic mass is 35.5. The fourth-order valence-electron chi connectivity index (χ4n) is 2.72. The molecule has 16 heavy (non-hydrogen) atoms. The van der Waals surface area contributed by atoms with Crippen molar-refractivity contribution >= 4 is 11.6 Å². The first-order valence-electron chi connectivity index (χ1n) is 6.87. The van der Waals surface area contributed by atoms with Crippen molar-refractivity contribution in [1.29, 1.82) is 0 Å². The molecule has 0 saturated carbocycles. The summed E-state index contributed by atoms with van der Waals surface area (Å²) in [4.78, 5) is 0. The molecule has 0 saturated heterocycles. The lowest BCUT2D eigenvalue weighted by molar-refractivity contribution is 0.317. The second-order valence-corrected chi connectivity index (χ2v) is 6.61. The van der Waals surface area contributed by atoms with Gasteiger partial charge in [0.15, 0.2) is 0 Å². The van der Waals surface area contributed by atoms with Gasteiger partial charge in [-0.3, -0.25) is 0 Å². The predicted octanol–water partition coefficient (Wildman–Crippen LogP) is 5.70. The third-order valence-corrected chi connectivity index (χ3v) is 3.75. The number of hydrogen-bond donors (Lipinski definition) is 0. The standard InChI is InChI=1S/C15H27Cl/c1-4-5-6-7-8-9-13-10-14(16)12-15(2,3)11-13/h10,14H,4-9,11-12H2,1-3H3. The molecule has 1 unspecified atom stereocenters. The zero-order valence-electron chi connectivity index (χ0n) is 11.2. The molecule has 0 aliphatic heterocycles. The van der Waals surface area contributed by atoms with Crippen LogP contribution < -0.4 is 0 Å². The summed E-state index contributed by atoms with van der Waals surface area (Å²) in [5, 5.41) is 0.273. The van der Waals surface area contributed by atoms with E-state index in [0.29, 0.717) is 5.41 Å². The molecule has 0 N–H and O–H groups in total. The van der Waals surface area contributed by atoms with Crippen molar-refractivity contribution in [3.63, 3.8) is 0 Å². The van der Waals surface area contributed by atoms with Crippen molar-refractivity contribution in [2.24, 2.45) is 5.41 Å². The first-order valence-corrected chi connectivity index (χ1v) is 7.31. The summed E-state index contributed by atoms with van der Waals surface area (Å²) in [6.07, 6.45) is 12.8. The third kappa shape index (κ3) is 5.39. The lowest BCUT2D eigenvalue weighted by atomic mass is 9.76. The van der Waals surface area contributed by atoms with Crippen LogP contribution >= 0.6 is 11.6 Å². The van der Waals surface area contributed by atoms with Crippen LogP contribution in [0.25, 0.3) is 0 Å². The quantitative estimate of drug-likeness (QED) is 0.318. The summed E-state index contributed by atoms with van der Waals surface area (Å²) < 4.78 is 0. The Hall–Kier alpha value is 0.0300. The number of allylic oxidation sites excluding steroid dienone is 2. The van der Waals surface area contributed by atoms with E-state index >= 15 is 0 Å². The number of alkyl halides is 1. The lowest BCUT2D eigenvalue weighted by Gasteiger charge is -2.32. The third-order valence-electron chi connectivity index (χ3n) is 3.47. The smallest absolute Gasteiger partial charge is 0.0523 e. The Balaban J connectivity index is 2.26. The Bertz CT molecular complexity index is 228. The van der Waals surface area contributed by atoms with E-state index in [0.717, 1.165) is 6.42 Å². The summed E-state index contributed by atoms with van der Waals surface area (Å²) in [6, 6.07) is 0. The van der Waals surface area contributed by atoms with Crippen LogP contribution in [0.4, 0.5) is 0 Å². The Morgan fingerprint density at radius 3 is 2.56 bits per heavy atom. The molecule has 0 spiro atoms. The van der Waals surface area contributed by atoms with Gasteiger partial charge in [-0.2, -0.15) is 0 Å². The first-order chi connectivity index (χ1) is 7.53. The van der Waals surface area contributed by atoms with E-state index in [1.165, 1.54) is 44.9 Å². The van der Waals surface area contributed by atoms with Crippen molar-refractivity contribution in [2.45, 2.75) is 77.5 Å². The van der Waals surface area contributed by atoms with Crippen LogP contribution in [0.2, 0.25) is 0 Å². The van der Waals surface area contributed by atoms with Crippen LogP contribution in [-0.2, 0) is 0 Å². The Morgan fingerprint density at radius 2 is 1.94 bits per heavy atom. The molecular formula is C15H27Cl. The molecule has 0 aromatic heterocycles. The van der Waals surface area contributed by atoms with Crippen molar-refractivity contribution in [3.8, 4) is 0 Å². The summed E-state index contributed by atoms with van der Waals surface area (Å²) in [7, 11) is 0. The summed E-state index contributed by atoms with van der Waals surface area (Å²) >= 11 is 6.28. The van der Waals surface area contributed by atoms with Crippen molar-refractivity contribution in [3.05, 3.63) is 11.6 Å². The van der Waals surface area contributed by atoms with Crippen LogP contribution in [0.1, 0.15) is 72.1 Å². The molecule has 0 nitrogen and oxygen atoms in total. The monoisotopic (exact) mass is 242 g/mol. The van der Waals surface area contributed by atoms with Gasteiger partial charge in [-0.05, 0) is 31.1 Å². The maximum Gasteiger partial charge on any atom is 0.0523 e. The van der Waals surface area contributed by atoms with Crippen molar-refractivity contribution in [1.82, 2.24) is 0 Å². The SMILES string of the molecule is CCCCCCCC1=CC(Cl)CC(C)(C)C1. The van der Waals surface area contributed by atoms with Gasteiger partial charge in [0.1, 0.15) is 0 Å². The highest BCUT2D eigenvalue weighted by Gasteiger charge is 2.27. The number of hydrogen-bond acceptors (Lipinski definition) is 0. The highest BCUT2D eigenvalue weighted by Crippen LogP contribution is 2.38. The molecule has 0 amide bonds. The zero-order valence-corrected chi connectivity index (χ0v) is 11.9. The zero-order chi connectivity index (χ0) is 12.0. The Labute approximate surface area is 106 Å². The Morgan fingerprint density at radius 1 is 1.25 bits per heavy atom. The van der Waals surface area contributed by atoms with Crippen molar-refractivity contribution < 1.29 is 0 Å². The van der Waals surface area contributed by atoms with Gasteiger partial charge in [-0.1, -0.05) is 58.1 Å². The minimum atomic E-state index is 0.273. The minimum absolute atomic E-state index is 0.273. The van der Waals surface area contributed by atoms with Crippen LogP contribution in [0.5, 0.6) is 0 Å². The van der Waals surface area contributed by atoms with E-state index in [4.69, 9.17) is 11.6 Å². The molecule has 1 atom stereocenters. The summed E-state index contributed by atoms with van der Waals surface area (Å²) in [5.74, 6) is 0. The molecule has 94 valence electrons. The molecule has 0 fully saturated rings. The van der Waals surface area contributed by atoms with Gasteiger partial charge in [0, 0.05) is 0 Å². The van der Waals surface area contributed by atoms with Crippen molar-refractivity contribution in [2.75, 3.05) is 0 Å². The van der Waals surface area contributed by atoms with Gasteiger partial charge in [0.05, 0.1) is 5.38 Å². The highest BCUT2D eigenvalue weighted by molar-refractivity contribution is 6.21. The van der Waals surface area contributed by atoms with E-state index in [9.17, 15) is 0 Å². The maximum atomic E-state index is 6.28. The van der Waals surface area contributed by atoms with Gasteiger partial charge in [0.2, 0.25) is 0 Å². The average Bonchev–Trinajstić information content (AvgIpc) is 2.14. The fourth-order valence-corrected chi connectivity index (χ4v) is 3.31. The molecule has 0 radical (unpaired) electrons. The van der Waals surface area contributed by atoms with Crippen LogP contribution in [-0.4, -0.2) is 5.38 Å². The van der Waals surface area contributed by atoms with Gasteiger partial charge < -0.3 is 0 Å². The van der Waals surface area contributed by atoms with E-state index in [1.807, 2.05) is 0 Å². The second-order valence-electron chi connectivity index (χ2n) is 6.05. The topological polar surface area (TPSA) is 0 Å². The van der Waals surface area contributed by atoms with E-state index in [2.05, 4.69) is 26.8 Å². The molecule has 1 aliphatic rings. The van der Waals surface area contributed by atoms with E-state index < -0.39 is 0 Å². The molecular weight excluding hydrogens is 216 g/mol. The van der Waals surface area contributed by atoms with Crippen LogP contribution in [0.3, 0.4) is 0 Å². The normalized spacial score (nSPS) is 24.2. The number of unbranched alkanes of at least 4 members (excludes halogenated alkanes) is 4. The summed E-state index contributed by atoms with van der Waals surface area (Å²) in [5.41, 5.74) is 2.02. The summed E-state index contributed by atoms with van der Waals surface area (Å²) in [6.45, 7) is 6.95. The van der Waals surface area contributed by atoms with Crippen LogP contribution in [0.15, 0.2) is 11.6 Å². The van der Waals surface area contributed by atoms with E-state index in [1.54, 1.807) is 5.57 Å². The van der Waals surface area contributed by atoms with Crippen LogP contribution in [0, 0.1) is 5.41 Å². The first kappa shape index (κ1) is 14.1. The molecule has 0 heterocycles. The number of rotatable bonds is 6. The molecule has 1 rings (SSSR count). The van der Waals surface area contributed by atoms with Gasteiger partial charge >= 0.3 is 0 Å². The minimum Gasteiger partial charge on any atom is -0.118 e. The lowest BCUT2D eigenvalue weighted by Crippen LogP contribution is -2.22. The predicted molar refractivity (Wildman–Crippen MR) is 74.1 cm³/mol. The molecule has 0 aromatic carbocycles. The van der Waals surface area contributed by atoms with E-state index in [-0.39, 0.29) is 5.38 Å².